The summed E-state index contributed by atoms with van der Waals surface area (Å²) in [6.45, 7) is 7.64. The summed E-state index contributed by atoms with van der Waals surface area (Å²) in [7, 11) is 1.64. The summed E-state index contributed by atoms with van der Waals surface area (Å²) in [6, 6.07) is 14.4. The maximum absolute atomic E-state index is 12.6. The van der Waals surface area contributed by atoms with Gasteiger partial charge >= 0.3 is 0 Å². The van der Waals surface area contributed by atoms with Gasteiger partial charge in [0.1, 0.15) is 5.75 Å². The fourth-order valence-electron chi connectivity index (χ4n) is 2.57. The largest absolute Gasteiger partial charge is 0.491 e. The van der Waals surface area contributed by atoms with Gasteiger partial charge in [0.2, 0.25) is 5.91 Å². The van der Waals surface area contributed by atoms with Crippen LogP contribution in [-0.4, -0.2) is 35.8 Å². The number of carbonyl (C=O) groups is 2. The zero-order chi connectivity index (χ0) is 20.0. The molecule has 27 heavy (non-hydrogen) atoms. The lowest BCUT2D eigenvalue weighted by atomic mass is 10.0. The van der Waals surface area contributed by atoms with Crippen molar-refractivity contribution < 1.29 is 14.3 Å². The number of likely N-dealkylation sites (N-methyl/N-ethyl adjacent to an activating group) is 1. The van der Waals surface area contributed by atoms with Crippen LogP contribution in [0.25, 0.3) is 6.08 Å². The van der Waals surface area contributed by atoms with Crippen molar-refractivity contribution >= 4 is 17.8 Å². The predicted molar refractivity (Wildman–Crippen MR) is 109 cm³/mol. The predicted octanol–water partition coefficient (Wildman–Crippen LogP) is 4.53. The van der Waals surface area contributed by atoms with Gasteiger partial charge in [-0.3, -0.25) is 9.59 Å². The molecule has 0 saturated heterocycles. The van der Waals surface area contributed by atoms with Crippen LogP contribution in [0.5, 0.6) is 5.75 Å². The molecule has 0 saturated carbocycles. The van der Waals surface area contributed by atoms with Crippen LogP contribution in [0.2, 0.25) is 0 Å². The van der Waals surface area contributed by atoms with Crippen molar-refractivity contribution in [3.63, 3.8) is 0 Å². The average Bonchev–Trinajstić information content (AvgIpc) is 2.64. The maximum atomic E-state index is 12.6. The van der Waals surface area contributed by atoms with Gasteiger partial charge in [-0.2, -0.15) is 0 Å². The van der Waals surface area contributed by atoms with Gasteiger partial charge in [0, 0.05) is 18.7 Å². The van der Waals surface area contributed by atoms with Crippen LogP contribution >= 0.6 is 0 Å². The fraction of sp³-hybridized carbons (Fsp3) is 0.304. The molecule has 0 aliphatic rings. The van der Waals surface area contributed by atoms with Gasteiger partial charge in [-0.05, 0) is 51.5 Å². The molecule has 0 aromatic heterocycles. The van der Waals surface area contributed by atoms with Crippen LogP contribution in [-0.2, 0) is 4.79 Å². The maximum Gasteiger partial charge on any atom is 0.246 e. The molecule has 0 aliphatic heterocycles. The second-order valence-electron chi connectivity index (χ2n) is 6.93. The number of benzene rings is 2. The van der Waals surface area contributed by atoms with Crippen LogP contribution in [0, 0.1) is 6.92 Å². The molecule has 2 rings (SSSR count). The Labute approximate surface area is 161 Å². The van der Waals surface area contributed by atoms with Crippen molar-refractivity contribution in [2.45, 2.75) is 39.8 Å². The molecular formula is C23H27NO3. The zero-order valence-electron chi connectivity index (χ0n) is 16.6. The van der Waals surface area contributed by atoms with Crippen LogP contribution < -0.4 is 4.74 Å². The lowest BCUT2D eigenvalue weighted by molar-refractivity contribution is -0.125. The number of nitrogens with zero attached hydrogens (tertiary/aromatic N) is 1. The molecule has 4 nitrogen and oxygen atoms in total. The number of rotatable bonds is 7. The van der Waals surface area contributed by atoms with E-state index < -0.39 is 6.04 Å². The van der Waals surface area contributed by atoms with Crippen molar-refractivity contribution in [2.24, 2.45) is 0 Å². The normalized spacial score (nSPS) is 12.2. The highest BCUT2D eigenvalue weighted by Gasteiger charge is 2.22. The van der Waals surface area contributed by atoms with Crippen molar-refractivity contribution in [3.8, 4) is 5.75 Å². The van der Waals surface area contributed by atoms with E-state index in [1.165, 1.54) is 11.0 Å². The highest BCUT2D eigenvalue weighted by atomic mass is 16.5. The van der Waals surface area contributed by atoms with Gasteiger partial charge < -0.3 is 9.64 Å². The van der Waals surface area contributed by atoms with Gasteiger partial charge in [-0.15, -0.1) is 0 Å². The van der Waals surface area contributed by atoms with Gasteiger partial charge in [0.25, 0.3) is 0 Å². The summed E-state index contributed by atoms with van der Waals surface area (Å²) in [5.74, 6) is 0.459. The minimum Gasteiger partial charge on any atom is -0.491 e. The summed E-state index contributed by atoms with van der Waals surface area (Å²) in [5, 5.41) is 0. The van der Waals surface area contributed by atoms with E-state index in [0.717, 1.165) is 16.9 Å². The Morgan fingerprint density at radius 2 is 1.70 bits per heavy atom. The third-order valence-electron chi connectivity index (χ3n) is 4.29. The minimum absolute atomic E-state index is 0.0772. The van der Waals surface area contributed by atoms with Crippen LogP contribution in [0.15, 0.2) is 54.6 Å². The van der Waals surface area contributed by atoms with Crippen molar-refractivity contribution in [2.75, 3.05) is 7.05 Å². The van der Waals surface area contributed by atoms with E-state index in [1.807, 2.05) is 57.2 Å². The van der Waals surface area contributed by atoms with Crippen LogP contribution in [0.4, 0.5) is 0 Å². The molecule has 0 N–H and O–H groups in total. The number of ketones is 1. The second kappa shape index (κ2) is 9.17. The van der Waals surface area contributed by atoms with E-state index in [0.29, 0.717) is 5.56 Å². The molecule has 0 aliphatic carbocycles. The Morgan fingerprint density at radius 1 is 1.04 bits per heavy atom. The fourth-order valence-corrected chi connectivity index (χ4v) is 2.57. The Bertz CT molecular complexity index is 822. The van der Waals surface area contributed by atoms with E-state index in [1.54, 1.807) is 32.2 Å². The summed E-state index contributed by atoms with van der Waals surface area (Å²) in [4.78, 5) is 26.5. The lowest BCUT2D eigenvalue weighted by Crippen LogP contribution is -2.39. The van der Waals surface area contributed by atoms with Gasteiger partial charge in [0.05, 0.1) is 12.1 Å². The minimum atomic E-state index is -0.541. The number of ether oxygens (including phenoxy) is 1. The molecule has 0 bridgehead atoms. The first-order valence-corrected chi connectivity index (χ1v) is 9.10. The number of carbonyl (C=O) groups excluding carboxylic acids is 2. The Morgan fingerprint density at radius 3 is 2.33 bits per heavy atom. The van der Waals surface area contributed by atoms with E-state index in [-0.39, 0.29) is 17.8 Å². The summed E-state index contributed by atoms with van der Waals surface area (Å²) < 4.78 is 5.66. The Balaban J connectivity index is 2.04. The lowest BCUT2D eigenvalue weighted by Gasteiger charge is -2.22. The van der Waals surface area contributed by atoms with E-state index in [4.69, 9.17) is 4.74 Å². The standard InChI is InChI=1S/C23H27NO3/c1-16(2)27-21-8-6-7-19(15-21)11-14-22(25)24(5)18(4)23(26)20-12-9-17(3)10-13-20/h6-16,18H,1-5H3/b14-11+. The molecule has 1 unspecified atom stereocenters. The first-order valence-electron chi connectivity index (χ1n) is 9.10. The number of hydrogen-bond donors (Lipinski definition) is 0. The summed E-state index contributed by atoms with van der Waals surface area (Å²) in [6.07, 6.45) is 3.30. The van der Waals surface area contributed by atoms with Gasteiger partial charge in [-0.25, -0.2) is 0 Å². The Hall–Kier alpha value is -2.88. The first kappa shape index (κ1) is 20.4. The highest BCUT2D eigenvalue weighted by molar-refractivity contribution is 6.03. The SMILES string of the molecule is Cc1ccc(C(=O)C(C)N(C)C(=O)/C=C/c2cccc(OC(C)C)c2)cc1. The monoisotopic (exact) mass is 365 g/mol. The van der Waals surface area contributed by atoms with Crippen molar-refractivity contribution in [3.05, 3.63) is 71.3 Å². The van der Waals surface area contributed by atoms with E-state index in [2.05, 4.69) is 0 Å². The van der Waals surface area contributed by atoms with E-state index >= 15 is 0 Å². The van der Waals surface area contributed by atoms with Crippen molar-refractivity contribution in [1.29, 1.82) is 0 Å². The molecule has 0 heterocycles. The zero-order valence-corrected chi connectivity index (χ0v) is 16.6. The first-order chi connectivity index (χ1) is 12.8. The molecule has 2 aromatic rings. The second-order valence-corrected chi connectivity index (χ2v) is 6.93. The molecule has 0 fully saturated rings. The summed E-state index contributed by atoms with van der Waals surface area (Å²) >= 11 is 0. The van der Waals surface area contributed by atoms with Crippen LogP contribution in [0.1, 0.15) is 42.3 Å². The van der Waals surface area contributed by atoms with Crippen molar-refractivity contribution in [1.82, 2.24) is 4.90 Å². The molecule has 1 atom stereocenters. The van der Waals surface area contributed by atoms with Gasteiger partial charge in [-0.1, -0.05) is 42.0 Å². The smallest absolute Gasteiger partial charge is 0.246 e. The van der Waals surface area contributed by atoms with Crippen LogP contribution in [0.3, 0.4) is 0 Å². The molecule has 0 spiro atoms. The van der Waals surface area contributed by atoms with Gasteiger partial charge in [0.15, 0.2) is 5.78 Å². The average molecular weight is 365 g/mol. The Kier molecular flexibility index (Phi) is 6.94. The molecule has 4 heteroatoms. The third-order valence-corrected chi connectivity index (χ3v) is 4.29. The molecular weight excluding hydrogens is 338 g/mol. The molecule has 142 valence electrons. The quantitative estimate of drug-likeness (QED) is 0.535. The number of hydrogen-bond acceptors (Lipinski definition) is 3. The molecule has 0 radical (unpaired) electrons. The summed E-state index contributed by atoms with van der Waals surface area (Å²) in [5.41, 5.74) is 2.57. The van der Waals surface area contributed by atoms with E-state index in [9.17, 15) is 9.59 Å². The molecule has 2 aromatic carbocycles. The third kappa shape index (κ3) is 5.81. The molecule has 1 amide bonds. The highest BCUT2D eigenvalue weighted by Crippen LogP contribution is 2.16. The topological polar surface area (TPSA) is 46.6 Å². The number of Topliss-reactive ketones (excluding diaryl/α,β-unsaturated/α-hetero) is 1. The number of aryl methyl sites for hydroxylation is 1. The number of amides is 1.